The Morgan fingerprint density at radius 3 is 2.27 bits per heavy atom. The molecule has 2 rings (SSSR count). The lowest BCUT2D eigenvalue weighted by Crippen LogP contribution is -2.38. The summed E-state index contributed by atoms with van der Waals surface area (Å²) in [5, 5.41) is 11.5. The number of carbonyl (C=O) groups excluding carboxylic acids is 2. The fraction of sp³-hybridized carbons (Fsp3) is 0.438. The highest BCUT2D eigenvalue weighted by atomic mass is 16.4. The molecule has 0 spiro atoms. The van der Waals surface area contributed by atoms with Crippen molar-refractivity contribution in [2.45, 2.75) is 26.2 Å². The number of rotatable bonds is 4. The fourth-order valence-electron chi connectivity index (χ4n) is 2.67. The van der Waals surface area contributed by atoms with Crippen LogP contribution in [-0.2, 0) is 9.59 Å². The average Bonchev–Trinajstić information content (AvgIpc) is 2.47. The molecule has 1 aromatic rings. The Balaban J connectivity index is 1.92. The smallest absolute Gasteiger partial charge is 0.303 e. The second-order valence-corrected chi connectivity index (χ2v) is 5.59. The first-order valence-corrected chi connectivity index (χ1v) is 7.34. The van der Waals surface area contributed by atoms with Gasteiger partial charge < -0.3 is 15.3 Å². The highest BCUT2D eigenvalue weighted by molar-refractivity contribution is 5.95. The van der Waals surface area contributed by atoms with Crippen LogP contribution in [0, 0.1) is 5.92 Å². The minimum Gasteiger partial charge on any atom is -0.481 e. The number of anilines is 1. The molecule has 0 saturated carbocycles. The van der Waals surface area contributed by atoms with Crippen LogP contribution >= 0.6 is 0 Å². The van der Waals surface area contributed by atoms with Crippen LogP contribution < -0.4 is 5.32 Å². The molecule has 0 bridgehead atoms. The van der Waals surface area contributed by atoms with Crippen LogP contribution in [0.2, 0.25) is 0 Å². The van der Waals surface area contributed by atoms with Crippen LogP contribution in [0.3, 0.4) is 0 Å². The Labute approximate surface area is 129 Å². The van der Waals surface area contributed by atoms with Crippen molar-refractivity contribution in [1.82, 2.24) is 4.90 Å². The van der Waals surface area contributed by atoms with Crippen LogP contribution in [0.15, 0.2) is 24.3 Å². The molecule has 1 fully saturated rings. The topological polar surface area (TPSA) is 86.7 Å². The Morgan fingerprint density at radius 1 is 1.18 bits per heavy atom. The summed E-state index contributed by atoms with van der Waals surface area (Å²) < 4.78 is 0. The molecule has 2 amide bonds. The van der Waals surface area contributed by atoms with Crippen molar-refractivity contribution < 1.29 is 19.5 Å². The lowest BCUT2D eigenvalue weighted by Gasteiger charge is -2.31. The van der Waals surface area contributed by atoms with E-state index in [-0.39, 0.29) is 24.2 Å². The van der Waals surface area contributed by atoms with Crippen molar-refractivity contribution in [3.05, 3.63) is 29.8 Å². The number of carbonyl (C=O) groups is 3. The number of piperidine rings is 1. The van der Waals surface area contributed by atoms with E-state index in [0.717, 1.165) is 12.8 Å². The molecule has 0 atom stereocenters. The number of amides is 2. The Bertz CT molecular complexity index is 560. The predicted octanol–water partition coefficient (Wildman–Crippen LogP) is 1.97. The molecule has 22 heavy (non-hydrogen) atoms. The summed E-state index contributed by atoms with van der Waals surface area (Å²) in [6.45, 7) is 2.61. The van der Waals surface area contributed by atoms with Crippen LogP contribution in [0.4, 0.5) is 5.69 Å². The highest BCUT2D eigenvalue weighted by Gasteiger charge is 2.24. The van der Waals surface area contributed by atoms with Gasteiger partial charge in [-0.1, -0.05) is 0 Å². The summed E-state index contributed by atoms with van der Waals surface area (Å²) in [5.74, 6) is -0.829. The third-order valence-corrected chi connectivity index (χ3v) is 3.82. The van der Waals surface area contributed by atoms with E-state index in [4.69, 9.17) is 5.11 Å². The normalized spacial score (nSPS) is 15.4. The molecule has 2 N–H and O–H groups in total. The van der Waals surface area contributed by atoms with Gasteiger partial charge in [0.15, 0.2) is 0 Å². The second kappa shape index (κ2) is 7.06. The van der Waals surface area contributed by atoms with Gasteiger partial charge in [0.1, 0.15) is 0 Å². The standard InChI is InChI=1S/C16H20N2O4/c1-11(19)17-14-4-2-13(3-5-14)16(22)18-8-6-12(7-9-18)10-15(20)21/h2-5,12H,6-10H2,1H3,(H,17,19)(H,20,21). The van der Waals surface area contributed by atoms with Crippen LogP contribution in [0.25, 0.3) is 0 Å². The number of hydrogen-bond donors (Lipinski definition) is 2. The number of nitrogens with zero attached hydrogens (tertiary/aromatic N) is 1. The minimum absolute atomic E-state index is 0.0526. The van der Waals surface area contributed by atoms with Crippen molar-refractivity contribution in [3.8, 4) is 0 Å². The summed E-state index contributed by atoms with van der Waals surface area (Å²) in [6.07, 6.45) is 1.62. The van der Waals surface area contributed by atoms with Gasteiger partial charge in [0.05, 0.1) is 0 Å². The first kappa shape index (κ1) is 16.0. The van der Waals surface area contributed by atoms with E-state index < -0.39 is 5.97 Å². The molecular formula is C16H20N2O4. The van der Waals surface area contributed by atoms with Crippen molar-refractivity contribution in [1.29, 1.82) is 0 Å². The van der Waals surface area contributed by atoms with E-state index in [9.17, 15) is 14.4 Å². The number of nitrogens with one attached hydrogen (secondary N) is 1. The maximum absolute atomic E-state index is 12.4. The van der Waals surface area contributed by atoms with Gasteiger partial charge in [0, 0.05) is 37.7 Å². The van der Waals surface area contributed by atoms with Gasteiger partial charge in [-0.15, -0.1) is 0 Å². The molecular weight excluding hydrogens is 284 g/mol. The molecule has 1 aromatic carbocycles. The maximum Gasteiger partial charge on any atom is 0.303 e. The largest absolute Gasteiger partial charge is 0.481 e. The van der Waals surface area contributed by atoms with Gasteiger partial charge >= 0.3 is 5.97 Å². The molecule has 118 valence electrons. The quantitative estimate of drug-likeness (QED) is 0.890. The van der Waals surface area contributed by atoms with E-state index in [1.807, 2.05) is 0 Å². The maximum atomic E-state index is 12.4. The monoisotopic (exact) mass is 304 g/mol. The van der Waals surface area contributed by atoms with Gasteiger partial charge in [-0.05, 0) is 43.0 Å². The average molecular weight is 304 g/mol. The van der Waals surface area contributed by atoms with Crippen molar-refractivity contribution in [2.75, 3.05) is 18.4 Å². The zero-order chi connectivity index (χ0) is 16.1. The third-order valence-electron chi connectivity index (χ3n) is 3.82. The first-order valence-electron chi connectivity index (χ1n) is 7.34. The molecule has 0 radical (unpaired) electrons. The molecule has 6 nitrogen and oxygen atoms in total. The lowest BCUT2D eigenvalue weighted by atomic mass is 9.93. The SMILES string of the molecule is CC(=O)Nc1ccc(C(=O)N2CCC(CC(=O)O)CC2)cc1. The predicted molar refractivity (Wildman–Crippen MR) is 81.6 cm³/mol. The molecule has 1 heterocycles. The van der Waals surface area contributed by atoms with Gasteiger partial charge in [0.2, 0.25) is 5.91 Å². The molecule has 1 aliphatic rings. The van der Waals surface area contributed by atoms with Gasteiger partial charge in [-0.2, -0.15) is 0 Å². The Kier molecular flexibility index (Phi) is 5.14. The lowest BCUT2D eigenvalue weighted by molar-refractivity contribution is -0.138. The summed E-state index contributed by atoms with van der Waals surface area (Å²) in [7, 11) is 0. The van der Waals surface area contributed by atoms with E-state index in [2.05, 4.69) is 5.32 Å². The zero-order valence-corrected chi connectivity index (χ0v) is 12.5. The van der Waals surface area contributed by atoms with Crippen LogP contribution in [0.5, 0.6) is 0 Å². The van der Waals surface area contributed by atoms with Gasteiger partial charge in [0.25, 0.3) is 5.91 Å². The Hall–Kier alpha value is -2.37. The number of carboxylic acid groups (broad SMARTS) is 1. The highest BCUT2D eigenvalue weighted by Crippen LogP contribution is 2.22. The number of hydrogen-bond acceptors (Lipinski definition) is 3. The van der Waals surface area contributed by atoms with E-state index in [0.29, 0.717) is 24.3 Å². The molecule has 0 unspecified atom stereocenters. The van der Waals surface area contributed by atoms with Crippen LogP contribution in [-0.4, -0.2) is 40.9 Å². The third kappa shape index (κ3) is 4.31. The van der Waals surface area contributed by atoms with Gasteiger partial charge in [-0.3, -0.25) is 14.4 Å². The summed E-state index contributed by atoms with van der Waals surface area (Å²) in [4.78, 5) is 35.8. The Morgan fingerprint density at radius 2 is 1.77 bits per heavy atom. The molecule has 1 saturated heterocycles. The van der Waals surface area contributed by atoms with Crippen molar-refractivity contribution in [3.63, 3.8) is 0 Å². The fourth-order valence-corrected chi connectivity index (χ4v) is 2.67. The van der Waals surface area contributed by atoms with E-state index in [1.165, 1.54) is 6.92 Å². The second-order valence-electron chi connectivity index (χ2n) is 5.59. The minimum atomic E-state index is -0.779. The summed E-state index contributed by atoms with van der Waals surface area (Å²) in [5.41, 5.74) is 1.23. The number of aliphatic carboxylic acids is 1. The van der Waals surface area contributed by atoms with Crippen LogP contribution in [0.1, 0.15) is 36.5 Å². The summed E-state index contributed by atoms with van der Waals surface area (Å²) >= 11 is 0. The summed E-state index contributed by atoms with van der Waals surface area (Å²) in [6, 6.07) is 6.78. The van der Waals surface area contributed by atoms with Crippen molar-refractivity contribution in [2.24, 2.45) is 5.92 Å². The molecule has 1 aliphatic heterocycles. The zero-order valence-electron chi connectivity index (χ0n) is 12.5. The van der Waals surface area contributed by atoms with E-state index >= 15 is 0 Å². The molecule has 0 aliphatic carbocycles. The van der Waals surface area contributed by atoms with Gasteiger partial charge in [-0.25, -0.2) is 0 Å². The molecule has 6 heteroatoms. The van der Waals surface area contributed by atoms with E-state index in [1.54, 1.807) is 29.2 Å². The first-order chi connectivity index (χ1) is 10.5. The molecule has 0 aromatic heterocycles. The number of benzene rings is 1. The number of likely N-dealkylation sites (tertiary alicyclic amines) is 1. The van der Waals surface area contributed by atoms with Crippen molar-refractivity contribution >= 4 is 23.5 Å². The number of carboxylic acids is 1.